The van der Waals surface area contributed by atoms with Gasteiger partial charge in [-0.25, -0.2) is 0 Å². The maximum Gasteiger partial charge on any atom is 0.231 e. The van der Waals surface area contributed by atoms with Crippen molar-refractivity contribution in [3.63, 3.8) is 0 Å². The van der Waals surface area contributed by atoms with Crippen molar-refractivity contribution in [2.24, 2.45) is 5.41 Å². The first kappa shape index (κ1) is 21.5. The van der Waals surface area contributed by atoms with Gasteiger partial charge in [0.05, 0.1) is 42.9 Å². The number of ether oxygens (including phenoxy) is 2. The van der Waals surface area contributed by atoms with E-state index >= 15 is 0 Å². The molecule has 1 aliphatic rings. The number of β-lactam (4-membered cyclic amide) rings is 1. The highest BCUT2D eigenvalue weighted by Crippen LogP contribution is 2.44. The third kappa shape index (κ3) is 5.06. The van der Waals surface area contributed by atoms with E-state index in [0.717, 1.165) is 11.1 Å². The van der Waals surface area contributed by atoms with Gasteiger partial charge in [-0.1, -0.05) is 60.7 Å². The number of hydrogen-bond acceptors (Lipinski definition) is 3. The Labute approximate surface area is 174 Å². The molecular formula is C25H33NO3. The number of carbonyl (C=O) groups is 1. The highest BCUT2D eigenvalue weighted by Gasteiger charge is 2.56. The van der Waals surface area contributed by atoms with E-state index in [1.165, 1.54) is 0 Å². The van der Waals surface area contributed by atoms with Crippen LogP contribution in [0.15, 0.2) is 60.7 Å². The molecule has 1 amide bonds. The van der Waals surface area contributed by atoms with Gasteiger partial charge >= 0.3 is 0 Å². The topological polar surface area (TPSA) is 38.8 Å². The van der Waals surface area contributed by atoms with Crippen LogP contribution in [0.1, 0.15) is 51.8 Å². The second kappa shape index (κ2) is 8.68. The zero-order chi connectivity index (χ0) is 21.1. The maximum absolute atomic E-state index is 13.1. The van der Waals surface area contributed by atoms with Crippen LogP contribution in [0.5, 0.6) is 0 Å². The zero-order valence-electron chi connectivity index (χ0n) is 18.2. The number of hydrogen-bond donors (Lipinski definition) is 0. The van der Waals surface area contributed by atoms with Crippen LogP contribution in [0.3, 0.4) is 0 Å². The van der Waals surface area contributed by atoms with Crippen LogP contribution in [-0.2, 0) is 20.9 Å². The van der Waals surface area contributed by atoms with Crippen molar-refractivity contribution in [3.8, 4) is 0 Å². The molecule has 156 valence electrons. The number of nitrogens with zero attached hydrogens (tertiary/aromatic N) is 1. The van der Waals surface area contributed by atoms with Gasteiger partial charge in [-0.05, 0) is 45.7 Å². The number of carbonyl (C=O) groups excluding carboxylic acids is 1. The Bertz CT molecular complexity index is 796. The minimum absolute atomic E-state index is 0.0137. The standard InChI is InChI=1S/C25H33NO3/c1-24(2,3)29-18-22-25(4,5)23(27)26(22)21(20-14-10-7-11-15-20)17-28-16-19-12-8-6-9-13-19/h6-15,21-22H,16-18H2,1-5H3/t21-,22-/m1/s1. The first-order valence-electron chi connectivity index (χ1n) is 10.3. The third-order valence-corrected chi connectivity index (χ3v) is 5.54. The summed E-state index contributed by atoms with van der Waals surface area (Å²) in [6.07, 6.45) is 0. The lowest BCUT2D eigenvalue weighted by atomic mass is 9.72. The molecule has 0 unspecified atom stereocenters. The molecule has 0 saturated carbocycles. The molecule has 2 aromatic carbocycles. The fraction of sp³-hybridized carbons (Fsp3) is 0.480. The Morgan fingerprint density at radius 2 is 1.59 bits per heavy atom. The molecular weight excluding hydrogens is 362 g/mol. The average Bonchev–Trinajstić information content (AvgIpc) is 2.69. The van der Waals surface area contributed by atoms with Crippen LogP contribution in [0.25, 0.3) is 0 Å². The smallest absolute Gasteiger partial charge is 0.231 e. The Morgan fingerprint density at radius 1 is 1.00 bits per heavy atom. The molecule has 0 aliphatic carbocycles. The summed E-state index contributed by atoms with van der Waals surface area (Å²) >= 11 is 0. The Kier molecular flexibility index (Phi) is 6.45. The van der Waals surface area contributed by atoms with Crippen LogP contribution < -0.4 is 0 Å². The Morgan fingerprint density at radius 3 is 2.17 bits per heavy atom. The molecule has 0 N–H and O–H groups in total. The first-order chi connectivity index (χ1) is 13.7. The van der Waals surface area contributed by atoms with Crippen molar-refractivity contribution in [3.05, 3.63) is 71.8 Å². The van der Waals surface area contributed by atoms with Gasteiger partial charge in [0.1, 0.15) is 0 Å². The molecule has 1 saturated heterocycles. The number of benzene rings is 2. The summed E-state index contributed by atoms with van der Waals surface area (Å²) in [5.74, 6) is 0.150. The van der Waals surface area contributed by atoms with Crippen molar-refractivity contribution in [1.29, 1.82) is 0 Å². The van der Waals surface area contributed by atoms with Gasteiger partial charge in [-0.3, -0.25) is 4.79 Å². The lowest BCUT2D eigenvalue weighted by Gasteiger charge is -2.56. The number of likely N-dealkylation sites (tertiary alicyclic amines) is 1. The normalized spacial score (nSPS) is 19.7. The van der Waals surface area contributed by atoms with Gasteiger partial charge < -0.3 is 14.4 Å². The lowest BCUT2D eigenvalue weighted by Crippen LogP contribution is -2.69. The van der Waals surface area contributed by atoms with Crippen molar-refractivity contribution in [2.45, 2.75) is 58.9 Å². The van der Waals surface area contributed by atoms with E-state index in [0.29, 0.717) is 19.8 Å². The fourth-order valence-electron chi connectivity index (χ4n) is 3.75. The summed E-state index contributed by atoms with van der Waals surface area (Å²) in [6, 6.07) is 20.1. The largest absolute Gasteiger partial charge is 0.374 e. The number of amides is 1. The molecule has 0 radical (unpaired) electrons. The van der Waals surface area contributed by atoms with Gasteiger partial charge in [0, 0.05) is 0 Å². The third-order valence-electron chi connectivity index (χ3n) is 5.54. The quantitative estimate of drug-likeness (QED) is 0.591. The predicted octanol–water partition coefficient (Wildman–Crippen LogP) is 5.00. The van der Waals surface area contributed by atoms with E-state index in [1.54, 1.807) is 0 Å². The van der Waals surface area contributed by atoms with E-state index < -0.39 is 5.41 Å². The predicted molar refractivity (Wildman–Crippen MR) is 115 cm³/mol. The summed E-state index contributed by atoms with van der Waals surface area (Å²) in [4.78, 5) is 15.0. The second-order valence-corrected chi connectivity index (χ2v) is 9.30. The Balaban J connectivity index is 1.77. The maximum atomic E-state index is 13.1. The summed E-state index contributed by atoms with van der Waals surface area (Å²) in [7, 11) is 0. The van der Waals surface area contributed by atoms with Gasteiger partial charge in [0.15, 0.2) is 0 Å². The minimum atomic E-state index is -0.433. The second-order valence-electron chi connectivity index (χ2n) is 9.30. The van der Waals surface area contributed by atoms with Gasteiger partial charge in [-0.2, -0.15) is 0 Å². The first-order valence-corrected chi connectivity index (χ1v) is 10.3. The zero-order valence-corrected chi connectivity index (χ0v) is 18.2. The molecule has 1 aliphatic heterocycles. The monoisotopic (exact) mass is 395 g/mol. The SMILES string of the molecule is CC(C)(C)OC[C@H]1N([C@H](COCc2ccccc2)c2ccccc2)C(=O)C1(C)C. The average molecular weight is 396 g/mol. The van der Waals surface area contributed by atoms with Crippen LogP contribution in [-0.4, -0.2) is 35.7 Å². The van der Waals surface area contributed by atoms with E-state index in [9.17, 15) is 4.79 Å². The van der Waals surface area contributed by atoms with Crippen LogP contribution in [0, 0.1) is 5.41 Å². The molecule has 4 heteroatoms. The molecule has 2 aromatic rings. The van der Waals surface area contributed by atoms with Gasteiger partial charge in [-0.15, -0.1) is 0 Å². The van der Waals surface area contributed by atoms with E-state index in [2.05, 4.69) is 24.3 Å². The summed E-state index contributed by atoms with van der Waals surface area (Å²) in [6.45, 7) is 11.6. The van der Waals surface area contributed by atoms with Crippen LogP contribution in [0.4, 0.5) is 0 Å². The molecule has 0 spiro atoms. The number of rotatable bonds is 8. The molecule has 3 rings (SSSR count). The van der Waals surface area contributed by atoms with Crippen molar-refractivity contribution in [2.75, 3.05) is 13.2 Å². The van der Waals surface area contributed by atoms with Crippen molar-refractivity contribution < 1.29 is 14.3 Å². The minimum Gasteiger partial charge on any atom is -0.374 e. The highest BCUT2D eigenvalue weighted by molar-refractivity contribution is 5.90. The van der Waals surface area contributed by atoms with Crippen LogP contribution in [0.2, 0.25) is 0 Å². The Hall–Kier alpha value is -2.17. The summed E-state index contributed by atoms with van der Waals surface area (Å²) < 4.78 is 12.1. The molecule has 0 bridgehead atoms. The molecule has 29 heavy (non-hydrogen) atoms. The summed E-state index contributed by atoms with van der Waals surface area (Å²) in [5, 5.41) is 0. The van der Waals surface area contributed by atoms with E-state index in [-0.39, 0.29) is 23.6 Å². The van der Waals surface area contributed by atoms with Gasteiger partial charge in [0.25, 0.3) is 0 Å². The fourth-order valence-corrected chi connectivity index (χ4v) is 3.75. The molecule has 2 atom stereocenters. The van der Waals surface area contributed by atoms with Crippen LogP contribution >= 0.6 is 0 Å². The van der Waals surface area contributed by atoms with Crippen molar-refractivity contribution >= 4 is 5.91 Å². The van der Waals surface area contributed by atoms with E-state index in [1.807, 2.05) is 75.9 Å². The van der Waals surface area contributed by atoms with Gasteiger partial charge in [0.2, 0.25) is 5.91 Å². The molecule has 0 aromatic heterocycles. The molecule has 4 nitrogen and oxygen atoms in total. The van der Waals surface area contributed by atoms with Crippen molar-refractivity contribution in [1.82, 2.24) is 4.90 Å². The summed E-state index contributed by atoms with van der Waals surface area (Å²) in [5.41, 5.74) is 1.54. The van der Waals surface area contributed by atoms with E-state index in [4.69, 9.17) is 9.47 Å². The molecule has 1 heterocycles. The lowest BCUT2D eigenvalue weighted by molar-refractivity contribution is -0.188. The molecule has 1 fully saturated rings. The highest BCUT2D eigenvalue weighted by atomic mass is 16.5.